The van der Waals surface area contributed by atoms with E-state index in [1.54, 1.807) is 54.9 Å². The van der Waals surface area contributed by atoms with Gasteiger partial charge in [-0.3, -0.25) is 9.89 Å². The van der Waals surface area contributed by atoms with Gasteiger partial charge in [0.1, 0.15) is 24.0 Å². The van der Waals surface area contributed by atoms with E-state index in [1.165, 1.54) is 18.2 Å². The minimum absolute atomic E-state index is 0.142. The number of ketones is 1. The van der Waals surface area contributed by atoms with Crippen molar-refractivity contribution >= 4 is 11.9 Å². The van der Waals surface area contributed by atoms with E-state index in [-0.39, 0.29) is 11.6 Å². The number of nitrogens with zero attached hydrogens (tertiary/aromatic N) is 3. The van der Waals surface area contributed by atoms with Crippen molar-refractivity contribution in [1.82, 2.24) is 19.7 Å². The Kier molecular flexibility index (Phi) is 5.52. The first kappa shape index (κ1) is 19.3. The van der Waals surface area contributed by atoms with Crippen molar-refractivity contribution in [1.29, 1.82) is 0 Å². The van der Waals surface area contributed by atoms with Gasteiger partial charge >= 0.3 is 0 Å². The fraction of sp³-hybridized carbons (Fsp3) is 0.0870. The van der Waals surface area contributed by atoms with Crippen molar-refractivity contribution in [2.45, 2.75) is 6.61 Å². The van der Waals surface area contributed by atoms with Crippen molar-refractivity contribution in [3.05, 3.63) is 96.0 Å². The maximum atomic E-state index is 13.1. The van der Waals surface area contributed by atoms with Crippen molar-refractivity contribution in [3.8, 4) is 17.0 Å². The molecule has 6 nitrogen and oxygen atoms in total. The first-order valence-electron chi connectivity index (χ1n) is 9.31. The van der Waals surface area contributed by atoms with Gasteiger partial charge in [0, 0.05) is 36.1 Å². The molecule has 2 aromatic carbocycles. The summed E-state index contributed by atoms with van der Waals surface area (Å²) in [5.74, 6) is 1.02. The minimum Gasteiger partial charge on any atom is -0.486 e. The molecule has 0 saturated heterocycles. The van der Waals surface area contributed by atoms with Crippen molar-refractivity contribution in [2.75, 3.05) is 0 Å². The number of aryl methyl sites for hydroxylation is 1. The van der Waals surface area contributed by atoms with Crippen LogP contribution in [0.2, 0.25) is 0 Å². The highest BCUT2D eigenvalue weighted by atomic mass is 19.1. The van der Waals surface area contributed by atoms with Gasteiger partial charge in [0.15, 0.2) is 5.78 Å². The molecule has 2 aromatic heterocycles. The van der Waals surface area contributed by atoms with Crippen LogP contribution in [0.25, 0.3) is 17.3 Å². The van der Waals surface area contributed by atoms with Gasteiger partial charge in [-0.15, -0.1) is 0 Å². The van der Waals surface area contributed by atoms with Crippen LogP contribution in [0, 0.1) is 5.82 Å². The van der Waals surface area contributed by atoms with E-state index in [0.717, 1.165) is 22.6 Å². The molecule has 2 heterocycles. The smallest absolute Gasteiger partial charge is 0.185 e. The number of hydrogen-bond acceptors (Lipinski definition) is 4. The largest absolute Gasteiger partial charge is 0.486 e. The summed E-state index contributed by atoms with van der Waals surface area (Å²) >= 11 is 0. The Morgan fingerprint density at radius 1 is 1.17 bits per heavy atom. The topological polar surface area (TPSA) is 72.8 Å². The van der Waals surface area contributed by atoms with E-state index in [9.17, 15) is 9.18 Å². The number of halogens is 1. The zero-order valence-corrected chi connectivity index (χ0v) is 16.2. The number of benzene rings is 2. The highest BCUT2D eigenvalue weighted by molar-refractivity contribution is 6.07. The zero-order valence-electron chi connectivity index (χ0n) is 16.2. The van der Waals surface area contributed by atoms with Crippen LogP contribution in [0.3, 0.4) is 0 Å². The predicted molar refractivity (Wildman–Crippen MR) is 111 cm³/mol. The van der Waals surface area contributed by atoms with E-state index in [4.69, 9.17) is 4.74 Å². The lowest BCUT2D eigenvalue weighted by molar-refractivity contribution is 0.104. The third-order valence-corrected chi connectivity index (χ3v) is 4.64. The number of carbonyl (C=O) groups is 1. The summed E-state index contributed by atoms with van der Waals surface area (Å²) in [5.41, 5.74) is 2.79. The number of rotatable bonds is 7. The average Bonchev–Trinajstić information content (AvgIpc) is 3.40. The summed E-state index contributed by atoms with van der Waals surface area (Å²) in [4.78, 5) is 16.7. The lowest BCUT2D eigenvalue weighted by atomic mass is 10.1. The summed E-state index contributed by atoms with van der Waals surface area (Å²) in [6, 6.07) is 13.0. The van der Waals surface area contributed by atoms with Crippen LogP contribution in [0.4, 0.5) is 4.39 Å². The van der Waals surface area contributed by atoms with Gasteiger partial charge in [-0.05, 0) is 60.7 Å². The van der Waals surface area contributed by atoms with E-state index in [2.05, 4.69) is 15.2 Å². The molecule has 30 heavy (non-hydrogen) atoms. The number of aromatic nitrogens is 4. The minimum atomic E-state index is -0.308. The molecule has 0 saturated carbocycles. The molecule has 4 aromatic rings. The Morgan fingerprint density at radius 2 is 1.93 bits per heavy atom. The van der Waals surface area contributed by atoms with Gasteiger partial charge in [-0.2, -0.15) is 5.10 Å². The van der Waals surface area contributed by atoms with Crippen molar-refractivity contribution < 1.29 is 13.9 Å². The number of carbonyl (C=O) groups excluding carboxylic acids is 1. The van der Waals surface area contributed by atoms with Gasteiger partial charge in [-0.25, -0.2) is 9.37 Å². The number of allylic oxidation sites excluding steroid dienone is 1. The molecule has 150 valence electrons. The normalized spacial score (nSPS) is 11.1. The monoisotopic (exact) mass is 402 g/mol. The number of ether oxygens (including phenoxy) is 1. The van der Waals surface area contributed by atoms with Gasteiger partial charge in [0.25, 0.3) is 0 Å². The molecule has 0 unspecified atom stereocenters. The Balaban J connectivity index is 1.42. The molecule has 0 radical (unpaired) electrons. The first-order chi connectivity index (χ1) is 14.6. The molecule has 0 amide bonds. The molecule has 4 rings (SSSR count). The number of aromatic amines is 1. The van der Waals surface area contributed by atoms with Crippen LogP contribution in [0.1, 0.15) is 21.7 Å². The number of H-pyrrole nitrogens is 1. The molecule has 0 aliphatic carbocycles. The number of nitrogens with one attached hydrogen (secondary N) is 1. The van der Waals surface area contributed by atoms with Crippen LogP contribution >= 0.6 is 0 Å². The summed E-state index contributed by atoms with van der Waals surface area (Å²) in [7, 11) is 1.90. The number of imidazole rings is 1. The molecular weight excluding hydrogens is 383 g/mol. The van der Waals surface area contributed by atoms with Crippen molar-refractivity contribution in [2.24, 2.45) is 7.05 Å². The maximum Gasteiger partial charge on any atom is 0.185 e. The molecule has 0 spiro atoms. The zero-order chi connectivity index (χ0) is 20.9. The van der Waals surface area contributed by atoms with Crippen LogP contribution in [0.5, 0.6) is 5.75 Å². The first-order valence-corrected chi connectivity index (χ1v) is 9.31. The molecule has 0 atom stereocenters. The van der Waals surface area contributed by atoms with Gasteiger partial charge < -0.3 is 9.30 Å². The van der Waals surface area contributed by atoms with Gasteiger partial charge in [0.2, 0.25) is 0 Å². The number of hydrogen-bond donors (Lipinski definition) is 1. The molecule has 0 fully saturated rings. The molecule has 0 aliphatic rings. The third kappa shape index (κ3) is 4.35. The highest BCUT2D eigenvalue weighted by Crippen LogP contribution is 2.23. The maximum absolute atomic E-state index is 13.1. The molecular formula is C23H19FN4O2. The van der Waals surface area contributed by atoms with Gasteiger partial charge in [0.05, 0.1) is 11.9 Å². The second-order valence-corrected chi connectivity index (χ2v) is 6.67. The predicted octanol–water partition coefficient (Wildman–Crippen LogP) is 4.42. The molecule has 1 N–H and O–H groups in total. The van der Waals surface area contributed by atoms with E-state index in [1.807, 2.05) is 17.8 Å². The Hall–Kier alpha value is -4.00. The van der Waals surface area contributed by atoms with E-state index < -0.39 is 0 Å². The van der Waals surface area contributed by atoms with Crippen LogP contribution < -0.4 is 4.74 Å². The second kappa shape index (κ2) is 8.57. The summed E-state index contributed by atoms with van der Waals surface area (Å²) < 4.78 is 20.7. The summed E-state index contributed by atoms with van der Waals surface area (Å²) in [5, 5.41) is 6.91. The standard InChI is InChI=1S/C23H19FN4O2/c1-28-13-12-25-22(28)15-30-20-9-4-16(5-10-20)21(29)11-6-18-14-26-27-23(18)17-2-7-19(24)8-3-17/h2-14H,15H2,1H3,(H,26,27). The summed E-state index contributed by atoms with van der Waals surface area (Å²) in [6.45, 7) is 0.351. The Labute approximate surface area is 172 Å². The lowest BCUT2D eigenvalue weighted by Crippen LogP contribution is -2.03. The van der Waals surface area contributed by atoms with Crippen LogP contribution in [-0.2, 0) is 13.7 Å². The fourth-order valence-electron chi connectivity index (χ4n) is 2.93. The second-order valence-electron chi connectivity index (χ2n) is 6.67. The fourth-order valence-corrected chi connectivity index (χ4v) is 2.93. The average molecular weight is 402 g/mol. The molecule has 7 heteroatoms. The SMILES string of the molecule is Cn1ccnc1COc1ccc(C(=O)C=Cc2cn[nH]c2-c2ccc(F)cc2)cc1. The van der Waals surface area contributed by atoms with Crippen molar-refractivity contribution in [3.63, 3.8) is 0 Å². The van der Waals surface area contributed by atoms with Crippen LogP contribution in [0.15, 0.2) is 73.2 Å². The lowest BCUT2D eigenvalue weighted by Gasteiger charge is -2.06. The summed E-state index contributed by atoms with van der Waals surface area (Å²) in [6.07, 6.45) is 8.37. The quantitative estimate of drug-likeness (QED) is 0.367. The van der Waals surface area contributed by atoms with E-state index >= 15 is 0 Å². The Morgan fingerprint density at radius 3 is 2.63 bits per heavy atom. The highest BCUT2D eigenvalue weighted by Gasteiger charge is 2.08. The van der Waals surface area contributed by atoms with Crippen LogP contribution in [-0.4, -0.2) is 25.5 Å². The molecule has 0 aliphatic heterocycles. The third-order valence-electron chi connectivity index (χ3n) is 4.64. The Bertz CT molecular complexity index is 1170. The van der Waals surface area contributed by atoms with E-state index in [0.29, 0.717) is 17.9 Å². The molecule has 0 bridgehead atoms. The van der Waals surface area contributed by atoms with Gasteiger partial charge in [-0.1, -0.05) is 0 Å².